The number of nitro benzene ring substituents is 1. The van der Waals surface area contributed by atoms with Crippen molar-refractivity contribution >= 4 is 21.7 Å². The highest BCUT2D eigenvalue weighted by molar-refractivity contribution is 7.89. The van der Waals surface area contributed by atoms with Crippen LogP contribution in [0.15, 0.2) is 47.4 Å². The van der Waals surface area contributed by atoms with Crippen LogP contribution in [0.4, 0.5) is 5.69 Å². The largest absolute Gasteiger partial charge is 0.496 e. The van der Waals surface area contributed by atoms with Gasteiger partial charge in [-0.2, -0.15) is 4.31 Å². The van der Waals surface area contributed by atoms with Crippen LogP contribution < -0.4 is 9.47 Å². The fraction of sp³-hybridized carbons (Fsp3) is 0.350. The first-order valence-corrected chi connectivity index (χ1v) is 10.9. The molecule has 0 aliphatic carbocycles. The van der Waals surface area contributed by atoms with Gasteiger partial charge in [0.15, 0.2) is 0 Å². The lowest BCUT2D eigenvalue weighted by molar-refractivity contribution is -0.385. The van der Waals surface area contributed by atoms with Crippen molar-refractivity contribution in [2.45, 2.75) is 30.6 Å². The van der Waals surface area contributed by atoms with Crippen molar-refractivity contribution in [3.05, 3.63) is 58.1 Å². The second-order valence-electron chi connectivity index (χ2n) is 6.82. The van der Waals surface area contributed by atoms with Gasteiger partial charge in [0.2, 0.25) is 15.8 Å². The van der Waals surface area contributed by atoms with E-state index in [-0.39, 0.29) is 28.5 Å². The van der Waals surface area contributed by atoms with E-state index in [1.54, 1.807) is 12.1 Å². The first-order valence-electron chi connectivity index (χ1n) is 9.43. The average molecular weight is 434 g/mol. The first-order chi connectivity index (χ1) is 14.3. The summed E-state index contributed by atoms with van der Waals surface area (Å²) in [6, 6.07) is 10.3. The molecule has 1 heterocycles. The van der Waals surface area contributed by atoms with Crippen molar-refractivity contribution in [3.63, 3.8) is 0 Å². The standard InChI is InChI=1S/C20H22N2O7S/c1-28-16-7-10-19(18(14-16)22(24)25)29-20(23)11-6-15-4-8-17(9-5-15)30(26,27)21-12-2-3-13-21/h4-5,7-10,14H,2-3,6,11-13H2,1H3. The second-order valence-corrected chi connectivity index (χ2v) is 8.76. The number of sulfonamides is 1. The normalized spacial score (nSPS) is 14.4. The number of ether oxygens (including phenoxy) is 2. The summed E-state index contributed by atoms with van der Waals surface area (Å²) in [5.41, 5.74) is 0.399. The number of nitrogens with zero attached hydrogens (tertiary/aromatic N) is 2. The summed E-state index contributed by atoms with van der Waals surface area (Å²) in [5.74, 6) is -0.500. The maximum absolute atomic E-state index is 12.5. The number of esters is 1. The van der Waals surface area contributed by atoms with E-state index in [1.807, 2.05) is 0 Å². The number of aryl methyl sites for hydroxylation is 1. The molecule has 1 aliphatic rings. The summed E-state index contributed by atoms with van der Waals surface area (Å²) in [6.07, 6.45) is 2.03. The molecule has 0 bridgehead atoms. The maximum atomic E-state index is 12.5. The number of rotatable bonds is 8. The molecule has 160 valence electrons. The van der Waals surface area contributed by atoms with Gasteiger partial charge in [-0.05, 0) is 49.1 Å². The Hall–Kier alpha value is -2.98. The molecule has 0 amide bonds. The Labute approximate surface area is 174 Å². The van der Waals surface area contributed by atoms with Crippen LogP contribution in [0.2, 0.25) is 0 Å². The van der Waals surface area contributed by atoms with Gasteiger partial charge in [-0.1, -0.05) is 12.1 Å². The molecule has 2 aromatic carbocycles. The number of carbonyl (C=O) groups is 1. The van der Waals surface area contributed by atoms with Crippen LogP contribution in [0.5, 0.6) is 11.5 Å². The lowest BCUT2D eigenvalue weighted by Crippen LogP contribution is -2.27. The summed E-state index contributed by atoms with van der Waals surface area (Å²) >= 11 is 0. The first kappa shape index (κ1) is 21.7. The van der Waals surface area contributed by atoms with Crippen LogP contribution in [-0.4, -0.2) is 43.8 Å². The highest BCUT2D eigenvalue weighted by Crippen LogP contribution is 2.31. The highest BCUT2D eigenvalue weighted by Gasteiger charge is 2.27. The molecular formula is C20H22N2O7S. The van der Waals surface area contributed by atoms with Gasteiger partial charge in [0.25, 0.3) is 0 Å². The molecule has 0 saturated carbocycles. The molecule has 1 saturated heterocycles. The minimum atomic E-state index is -3.48. The fourth-order valence-corrected chi connectivity index (χ4v) is 4.70. The van der Waals surface area contributed by atoms with Crippen LogP contribution in [0, 0.1) is 10.1 Å². The zero-order valence-electron chi connectivity index (χ0n) is 16.4. The molecule has 2 aromatic rings. The molecule has 0 aromatic heterocycles. The molecule has 1 aliphatic heterocycles. The van der Waals surface area contributed by atoms with E-state index >= 15 is 0 Å². The number of carbonyl (C=O) groups excluding carboxylic acids is 1. The van der Waals surface area contributed by atoms with E-state index in [0.717, 1.165) is 18.4 Å². The molecular weight excluding hydrogens is 412 g/mol. The third-order valence-corrected chi connectivity index (χ3v) is 6.74. The number of benzene rings is 2. The van der Waals surface area contributed by atoms with E-state index in [9.17, 15) is 23.3 Å². The summed E-state index contributed by atoms with van der Waals surface area (Å²) in [7, 11) is -2.10. The topological polar surface area (TPSA) is 116 Å². The molecule has 0 unspecified atom stereocenters. The monoisotopic (exact) mass is 434 g/mol. The quantitative estimate of drug-likeness (QED) is 0.271. The summed E-state index contributed by atoms with van der Waals surface area (Å²) < 4.78 is 36.6. The van der Waals surface area contributed by atoms with Crippen molar-refractivity contribution < 1.29 is 27.6 Å². The van der Waals surface area contributed by atoms with Gasteiger partial charge in [0, 0.05) is 19.5 Å². The Morgan fingerprint density at radius 1 is 1.13 bits per heavy atom. The zero-order chi connectivity index (χ0) is 21.7. The molecule has 0 radical (unpaired) electrons. The van der Waals surface area contributed by atoms with Crippen molar-refractivity contribution in [2.75, 3.05) is 20.2 Å². The van der Waals surface area contributed by atoms with E-state index < -0.39 is 20.9 Å². The fourth-order valence-electron chi connectivity index (χ4n) is 3.18. The molecule has 0 N–H and O–H groups in total. The number of hydrogen-bond donors (Lipinski definition) is 0. The molecule has 3 rings (SSSR count). The van der Waals surface area contributed by atoms with Crippen LogP contribution in [-0.2, 0) is 21.2 Å². The number of nitro groups is 1. The van der Waals surface area contributed by atoms with E-state index in [4.69, 9.17) is 9.47 Å². The minimum Gasteiger partial charge on any atom is -0.496 e. The minimum absolute atomic E-state index is 0.0125. The molecule has 0 atom stereocenters. The zero-order valence-corrected chi connectivity index (χ0v) is 17.3. The SMILES string of the molecule is COc1ccc(OC(=O)CCc2ccc(S(=O)(=O)N3CCCC3)cc2)c([N+](=O)[O-])c1. The van der Waals surface area contributed by atoms with E-state index in [1.165, 1.54) is 41.7 Å². The van der Waals surface area contributed by atoms with Gasteiger partial charge in [-0.15, -0.1) is 0 Å². The third kappa shape index (κ3) is 4.95. The van der Waals surface area contributed by atoms with Gasteiger partial charge >= 0.3 is 11.7 Å². The van der Waals surface area contributed by atoms with Gasteiger partial charge < -0.3 is 9.47 Å². The third-order valence-electron chi connectivity index (χ3n) is 4.83. The van der Waals surface area contributed by atoms with Crippen LogP contribution >= 0.6 is 0 Å². The summed E-state index contributed by atoms with van der Waals surface area (Å²) in [6.45, 7) is 1.07. The number of hydrogen-bond acceptors (Lipinski definition) is 7. The Bertz CT molecular complexity index is 1030. The lowest BCUT2D eigenvalue weighted by Gasteiger charge is -2.15. The van der Waals surface area contributed by atoms with Gasteiger partial charge in [0.1, 0.15) is 5.75 Å². The van der Waals surface area contributed by atoms with E-state index in [2.05, 4.69) is 0 Å². The number of methoxy groups -OCH3 is 1. The molecule has 1 fully saturated rings. The second kappa shape index (κ2) is 9.23. The van der Waals surface area contributed by atoms with Crippen LogP contribution in [0.3, 0.4) is 0 Å². The smallest absolute Gasteiger partial charge is 0.315 e. The lowest BCUT2D eigenvalue weighted by atomic mass is 10.1. The molecule has 10 heteroatoms. The van der Waals surface area contributed by atoms with Gasteiger partial charge in [0.05, 0.1) is 23.0 Å². The molecule has 0 spiro atoms. The van der Waals surface area contributed by atoms with Crippen LogP contribution in [0.25, 0.3) is 0 Å². The van der Waals surface area contributed by atoms with Crippen molar-refractivity contribution in [1.82, 2.24) is 4.31 Å². The Morgan fingerprint density at radius 3 is 2.40 bits per heavy atom. The Balaban J connectivity index is 1.61. The van der Waals surface area contributed by atoms with Gasteiger partial charge in [-0.3, -0.25) is 14.9 Å². The predicted molar refractivity (Wildman–Crippen MR) is 108 cm³/mol. The van der Waals surface area contributed by atoms with Gasteiger partial charge in [-0.25, -0.2) is 8.42 Å². The molecule has 9 nitrogen and oxygen atoms in total. The van der Waals surface area contributed by atoms with Crippen molar-refractivity contribution in [2.24, 2.45) is 0 Å². The Kier molecular flexibility index (Phi) is 6.68. The maximum Gasteiger partial charge on any atom is 0.315 e. The van der Waals surface area contributed by atoms with Crippen LogP contribution in [0.1, 0.15) is 24.8 Å². The molecule has 30 heavy (non-hydrogen) atoms. The Morgan fingerprint density at radius 2 is 1.80 bits per heavy atom. The predicted octanol–water partition coefficient (Wildman–Crippen LogP) is 2.93. The average Bonchev–Trinajstić information content (AvgIpc) is 3.28. The summed E-state index contributed by atoms with van der Waals surface area (Å²) in [5, 5.41) is 11.2. The summed E-state index contributed by atoms with van der Waals surface area (Å²) in [4.78, 5) is 22.9. The van der Waals surface area contributed by atoms with Crippen molar-refractivity contribution in [3.8, 4) is 11.5 Å². The van der Waals surface area contributed by atoms with E-state index in [0.29, 0.717) is 19.5 Å². The van der Waals surface area contributed by atoms with Crippen molar-refractivity contribution in [1.29, 1.82) is 0 Å². The highest BCUT2D eigenvalue weighted by atomic mass is 32.2.